The predicted octanol–water partition coefficient (Wildman–Crippen LogP) is 4.14. The van der Waals surface area contributed by atoms with Gasteiger partial charge >= 0.3 is 0 Å². The van der Waals surface area contributed by atoms with Gasteiger partial charge in [-0.3, -0.25) is 14.0 Å². The number of nitrogens with one attached hydrogen (secondary N) is 2. The fourth-order valence-electron chi connectivity index (χ4n) is 5.56. The number of fused-ring (bicyclic) bond motifs is 3. The first-order valence-corrected chi connectivity index (χ1v) is 13.2. The van der Waals surface area contributed by atoms with Crippen LogP contribution in [0.25, 0.3) is 33.3 Å². The van der Waals surface area contributed by atoms with E-state index in [1.54, 1.807) is 21.6 Å². The lowest BCUT2D eigenvalue weighted by atomic mass is 9.95. The van der Waals surface area contributed by atoms with Crippen LogP contribution in [0.2, 0.25) is 5.15 Å². The van der Waals surface area contributed by atoms with Gasteiger partial charge in [0.1, 0.15) is 22.8 Å². The first-order chi connectivity index (χ1) is 18.3. The minimum absolute atomic E-state index is 0.0262. The molecule has 2 atom stereocenters. The molecule has 196 valence electrons. The molecule has 1 aliphatic rings. The van der Waals surface area contributed by atoms with Gasteiger partial charge in [-0.1, -0.05) is 17.7 Å². The van der Waals surface area contributed by atoms with Gasteiger partial charge in [-0.15, -0.1) is 5.10 Å². The van der Waals surface area contributed by atoms with Crippen LogP contribution in [0.15, 0.2) is 41.6 Å². The lowest BCUT2D eigenvalue weighted by Gasteiger charge is -2.25. The second-order valence-corrected chi connectivity index (χ2v) is 10.5. The molecule has 0 bridgehead atoms. The molecule has 2 N–H and O–H groups in total. The van der Waals surface area contributed by atoms with Gasteiger partial charge < -0.3 is 10.6 Å². The van der Waals surface area contributed by atoms with E-state index in [9.17, 15) is 4.79 Å². The van der Waals surface area contributed by atoms with Crippen molar-refractivity contribution in [2.75, 3.05) is 18.4 Å². The Morgan fingerprint density at radius 2 is 2.05 bits per heavy atom. The topological polar surface area (TPSA) is 107 Å². The molecule has 1 aromatic carbocycles. The van der Waals surface area contributed by atoms with Crippen LogP contribution in [-0.2, 0) is 14.1 Å². The lowest BCUT2D eigenvalue weighted by molar-refractivity contribution is 0.351. The Kier molecular flexibility index (Phi) is 6.16. The summed E-state index contributed by atoms with van der Waals surface area (Å²) in [5, 5.41) is 19.2. The second kappa shape index (κ2) is 9.52. The molecule has 38 heavy (non-hydrogen) atoms. The molecule has 0 saturated carbocycles. The SMILES string of the molecule is Cc1cc(C(C)Nc2ccc(Cl)nc2-c2ncn(C)n2)c2c(c1)c(=O)n(C)c1c2cnn1C1CCCNC1. The number of hydrogen-bond acceptors (Lipinski definition) is 7. The number of piperidine rings is 1. The van der Waals surface area contributed by atoms with E-state index in [0.717, 1.165) is 59.2 Å². The summed E-state index contributed by atoms with van der Waals surface area (Å²) in [5.74, 6) is 0.484. The molecule has 0 aliphatic carbocycles. The van der Waals surface area contributed by atoms with E-state index in [1.165, 1.54) is 0 Å². The largest absolute Gasteiger partial charge is 0.377 e. The van der Waals surface area contributed by atoms with Crippen molar-refractivity contribution in [3.8, 4) is 11.5 Å². The predicted molar refractivity (Wildman–Crippen MR) is 150 cm³/mol. The monoisotopic (exact) mass is 531 g/mol. The highest BCUT2D eigenvalue weighted by Gasteiger charge is 2.24. The number of aromatic nitrogens is 7. The molecule has 5 aromatic rings. The van der Waals surface area contributed by atoms with Crippen molar-refractivity contribution >= 4 is 39.1 Å². The number of rotatable bonds is 5. The summed E-state index contributed by atoms with van der Waals surface area (Å²) < 4.78 is 5.40. The summed E-state index contributed by atoms with van der Waals surface area (Å²) in [7, 11) is 3.65. The van der Waals surface area contributed by atoms with Crippen molar-refractivity contribution in [1.82, 2.24) is 39.4 Å². The highest BCUT2D eigenvalue weighted by molar-refractivity contribution is 6.29. The average Bonchev–Trinajstić information content (AvgIpc) is 3.55. The van der Waals surface area contributed by atoms with E-state index in [0.29, 0.717) is 22.1 Å². The fourth-order valence-corrected chi connectivity index (χ4v) is 5.71. The number of pyridine rings is 2. The normalized spacial score (nSPS) is 16.8. The Labute approximate surface area is 224 Å². The van der Waals surface area contributed by atoms with Crippen LogP contribution in [0.3, 0.4) is 0 Å². The zero-order chi connectivity index (χ0) is 26.6. The molecule has 1 saturated heterocycles. The maximum Gasteiger partial charge on any atom is 0.259 e. The van der Waals surface area contributed by atoms with Crippen LogP contribution in [0.4, 0.5) is 5.69 Å². The van der Waals surface area contributed by atoms with Gasteiger partial charge in [-0.05, 0) is 62.6 Å². The molecule has 10 nitrogen and oxygen atoms in total. The molecule has 4 aromatic heterocycles. The summed E-state index contributed by atoms with van der Waals surface area (Å²) in [6.07, 6.45) is 5.65. The zero-order valence-corrected chi connectivity index (χ0v) is 22.6. The summed E-state index contributed by atoms with van der Waals surface area (Å²) in [4.78, 5) is 22.6. The smallest absolute Gasteiger partial charge is 0.259 e. The van der Waals surface area contributed by atoms with Gasteiger partial charge in [0.15, 0.2) is 0 Å². The molecule has 0 amide bonds. The minimum atomic E-state index is -0.169. The Bertz CT molecular complexity index is 1730. The Morgan fingerprint density at radius 1 is 1.21 bits per heavy atom. The Morgan fingerprint density at radius 3 is 2.79 bits per heavy atom. The lowest BCUT2D eigenvalue weighted by Crippen LogP contribution is -2.33. The van der Waals surface area contributed by atoms with Gasteiger partial charge in [-0.2, -0.15) is 5.10 Å². The van der Waals surface area contributed by atoms with Crippen LogP contribution in [0, 0.1) is 6.92 Å². The number of benzene rings is 1. The molecular weight excluding hydrogens is 502 g/mol. The molecule has 5 heterocycles. The van der Waals surface area contributed by atoms with Crippen molar-refractivity contribution in [3.63, 3.8) is 0 Å². The number of aryl methyl sites for hydroxylation is 3. The quantitative estimate of drug-likeness (QED) is 0.328. The molecule has 11 heteroatoms. The summed E-state index contributed by atoms with van der Waals surface area (Å²) in [6, 6.07) is 7.78. The maximum atomic E-state index is 13.7. The fraction of sp³-hybridized carbons (Fsp3) is 0.370. The van der Waals surface area contributed by atoms with Crippen molar-refractivity contribution < 1.29 is 0 Å². The van der Waals surface area contributed by atoms with Gasteiger partial charge in [-0.25, -0.2) is 14.6 Å². The molecular formula is C27H30ClN9O. The second-order valence-electron chi connectivity index (χ2n) is 10.1. The van der Waals surface area contributed by atoms with Crippen LogP contribution in [-0.4, -0.2) is 47.2 Å². The van der Waals surface area contributed by atoms with E-state index >= 15 is 0 Å². The number of anilines is 1. The summed E-state index contributed by atoms with van der Waals surface area (Å²) in [5.41, 5.74) is 4.18. The third kappa shape index (κ3) is 4.13. The molecule has 0 radical (unpaired) electrons. The third-order valence-electron chi connectivity index (χ3n) is 7.33. The van der Waals surface area contributed by atoms with E-state index in [2.05, 4.69) is 38.7 Å². The van der Waals surface area contributed by atoms with E-state index in [1.807, 2.05) is 44.0 Å². The van der Waals surface area contributed by atoms with Gasteiger partial charge in [0.05, 0.1) is 17.9 Å². The number of nitrogens with zero attached hydrogens (tertiary/aromatic N) is 7. The zero-order valence-electron chi connectivity index (χ0n) is 21.9. The van der Waals surface area contributed by atoms with E-state index < -0.39 is 0 Å². The van der Waals surface area contributed by atoms with Crippen molar-refractivity contribution in [2.45, 2.75) is 38.8 Å². The highest BCUT2D eigenvalue weighted by Crippen LogP contribution is 2.35. The first-order valence-electron chi connectivity index (χ1n) is 12.8. The molecule has 6 rings (SSSR count). The number of hydrogen-bond donors (Lipinski definition) is 2. The van der Waals surface area contributed by atoms with Crippen molar-refractivity contribution in [3.05, 3.63) is 63.4 Å². The molecule has 2 unspecified atom stereocenters. The van der Waals surface area contributed by atoms with Crippen LogP contribution in [0.1, 0.15) is 43.0 Å². The van der Waals surface area contributed by atoms with Gasteiger partial charge in [0.2, 0.25) is 5.82 Å². The average molecular weight is 532 g/mol. The molecule has 1 aliphatic heterocycles. The van der Waals surface area contributed by atoms with E-state index in [-0.39, 0.29) is 17.6 Å². The Balaban J connectivity index is 1.51. The summed E-state index contributed by atoms with van der Waals surface area (Å²) >= 11 is 6.24. The first kappa shape index (κ1) is 24.6. The van der Waals surface area contributed by atoms with Gasteiger partial charge in [0.25, 0.3) is 5.56 Å². The van der Waals surface area contributed by atoms with Crippen LogP contribution >= 0.6 is 11.6 Å². The van der Waals surface area contributed by atoms with E-state index in [4.69, 9.17) is 16.7 Å². The standard InChI is InChI=1S/C27H30ClN9O/c1-15-10-18(16(2)32-21-7-8-22(28)33-24(21)25-30-14-35(3)34-25)23-19(11-15)27(38)36(4)26-20(23)13-31-37(26)17-6-5-9-29-12-17/h7-8,10-11,13-14,16-17,29,32H,5-6,9,12H2,1-4H3. The van der Waals surface area contributed by atoms with Gasteiger partial charge in [0, 0.05) is 42.8 Å². The van der Waals surface area contributed by atoms with Crippen molar-refractivity contribution in [1.29, 1.82) is 0 Å². The van der Waals surface area contributed by atoms with Crippen LogP contribution in [0.5, 0.6) is 0 Å². The minimum Gasteiger partial charge on any atom is -0.377 e. The third-order valence-corrected chi connectivity index (χ3v) is 7.54. The molecule has 1 fully saturated rings. The highest BCUT2D eigenvalue weighted by atomic mass is 35.5. The maximum absolute atomic E-state index is 13.7. The summed E-state index contributed by atoms with van der Waals surface area (Å²) in [6.45, 7) is 5.95. The molecule has 0 spiro atoms. The number of halogens is 1. The Hall–Kier alpha value is -3.76. The van der Waals surface area contributed by atoms with Crippen LogP contribution < -0.4 is 16.2 Å². The van der Waals surface area contributed by atoms with Crippen molar-refractivity contribution in [2.24, 2.45) is 14.1 Å².